The van der Waals surface area contributed by atoms with Gasteiger partial charge in [0, 0.05) is 19.8 Å². The van der Waals surface area contributed by atoms with E-state index in [1.807, 2.05) is 50.2 Å². The molecule has 2 aromatic rings. The number of rotatable bonds is 4. The summed E-state index contributed by atoms with van der Waals surface area (Å²) in [6, 6.07) is 11.8. The van der Waals surface area contributed by atoms with E-state index < -0.39 is 0 Å². The number of aryl methyl sites for hydroxylation is 2. The molecular formula is C16H17IN2OS. The zero-order valence-corrected chi connectivity index (χ0v) is 14.9. The summed E-state index contributed by atoms with van der Waals surface area (Å²) in [4.78, 5) is 13.0. The number of carbonyl (C=O) groups is 1. The number of nitrogen functional groups attached to an aromatic ring is 1. The van der Waals surface area contributed by atoms with Crippen molar-refractivity contribution < 1.29 is 4.79 Å². The van der Waals surface area contributed by atoms with Crippen molar-refractivity contribution in [1.82, 2.24) is 0 Å². The van der Waals surface area contributed by atoms with Gasteiger partial charge in [-0.3, -0.25) is 4.79 Å². The van der Waals surface area contributed by atoms with Gasteiger partial charge in [-0.05, 0) is 77.9 Å². The second kappa shape index (κ2) is 7.17. The summed E-state index contributed by atoms with van der Waals surface area (Å²) in [6.07, 6.45) is 0. The van der Waals surface area contributed by atoms with Crippen molar-refractivity contribution in [3.8, 4) is 0 Å². The zero-order chi connectivity index (χ0) is 15.4. The summed E-state index contributed by atoms with van der Waals surface area (Å²) in [5.41, 5.74) is 9.71. The maximum Gasteiger partial charge on any atom is 0.234 e. The lowest BCUT2D eigenvalue weighted by Crippen LogP contribution is -2.15. The van der Waals surface area contributed by atoms with Crippen LogP contribution in [0.2, 0.25) is 0 Å². The number of hydrogen-bond acceptors (Lipinski definition) is 3. The lowest BCUT2D eigenvalue weighted by Gasteiger charge is -2.09. The van der Waals surface area contributed by atoms with Gasteiger partial charge >= 0.3 is 0 Å². The Morgan fingerprint density at radius 3 is 2.67 bits per heavy atom. The van der Waals surface area contributed by atoms with E-state index in [0.29, 0.717) is 5.75 Å². The molecule has 3 nitrogen and oxygen atoms in total. The Bertz CT molecular complexity index is 673. The van der Waals surface area contributed by atoms with E-state index in [1.165, 1.54) is 11.8 Å². The first kappa shape index (κ1) is 16.2. The normalized spacial score (nSPS) is 10.4. The summed E-state index contributed by atoms with van der Waals surface area (Å²) in [6.45, 7) is 3.99. The Labute approximate surface area is 142 Å². The highest BCUT2D eigenvalue weighted by atomic mass is 127. The smallest absolute Gasteiger partial charge is 0.234 e. The topological polar surface area (TPSA) is 55.1 Å². The number of nitrogens with one attached hydrogen (secondary N) is 1. The SMILES string of the molecule is Cc1ccc(SCC(=O)Nc2ccc(I)cc2C)c(N)c1. The van der Waals surface area contributed by atoms with E-state index in [0.717, 1.165) is 31.0 Å². The van der Waals surface area contributed by atoms with Crippen LogP contribution in [0, 0.1) is 17.4 Å². The van der Waals surface area contributed by atoms with E-state index >= 15 is 0 Å². The molecule has 0 aromatic heterocycles. The highest BCUT2D eigenvalue weighted by molar-refractivity contribution is 14.1. The summed E-state index contributed by atoms with van der Waals surface area (Å²) in [5.74, 6) is 0.322. The number of amides is 1. The van der Waals surface area contributed by atoms with Crippen LogP contribution in [0.4, 0.5) is 11.4 Å². The first-order valence-corrected chi connectivity index (χ1v) is 8.57. The van der Waals surface area contributed by atoms with Crippen LogP contribution in [-0.2, 0) is 4.79 Å². The van der Waals surface area contributed by atoms with Gasteiger partial charge in [-0.1, -0.05) is 6.07 Å². The Balaban J connectivity index is 1.96. The van der Waals surface area contributed by atoms with Gasteiger partial charge < -0.3 is 11.1 Å². The molecule has 0 atom stereocenters. The molecule has 3 N–H and O–H groups in total. The molecule has 0 aliphatic heterocycles. The number of anilines is 2. The molecule has 0 bridgehead atoms. The number of thioether (sulfide) groups is 1. The van der Waals surface area contributed by atoms with Crippen molar-refractivity contribution in [1.29, 1.82) is 0 Å². The predicted octanol–water partition coefficient (Wildman–Crippen LogP) is 4.22. The number of hydrogen-bond donors (Lipinski definition) is 2. The second-order valence-electron chi connectivity index (χ2n) is 4.84. The minimum atomic E-state index is -0.0238. The van der Waals surface area contributed by atoms with Crippen LogP contribution in [0.1, 0.15) is 11.1 Å². The van der Waals surface area contributed by atoms with Crippen LogP contribution in [0.3, 0.4) is 0 Å². The van der Waals surface area contributed by atoms with Crippen LogP contribution in [0.25, 0.3) is 0 Å². The lowest BCUT2D eigenvalue weighted by molar-refractivity contribution is -0.113. The summed E-state index contributed by atoms with van der Waals surface area (Å²) >= 11 is 3.71. The Morgan fingerprint density at radius 2 is 2.00 bits per heavy atom. The van der Waals surface area contributed by atoms with Gasteiger partial charge in [0.15, 0.2) is 0 Å². The largest absolute Gasteiger partial charge is 0.398 e. The molecule has 21 heavy (non-hydrogen) atoms. The molecule has 5 heteroatoms. The number of benzene rings is 2. The van der Waals surface area contributed by atoms with Crippen LogP contribution in [-0.4, -0.2) is 11.7 Å². The molecule has 0 aliphatic carbocycles. The predicted molar refractivity (Wildman–Crippen MR) is 98.8 cm³/mol. The number of carbonyl (C=O) groups excluding carboxylic acids is 1. The molecule has 0 fully saturated rings. The van der Waals surface area contributed by atoms with Crippen LogP contribution in [0.15, 0.2) is 41.3 Å². The third-order valence-corrected chi connectivity index (χ3v) is 4.75. The van der Waals surface area contributed by atoms with E-state index in [-0.39, 0.29) is 5.91 Å². The first-order chi connectivity index (χ1) is 9.95. The Morgan fingerprint density at radius 1 is 1.24 bits per heavy atom. The standard InChI is InChI=1S/C16H17IN2OS/c1-10-3-6-15(13(18)7-10)21-9-16(20)19-14-5-4-12(17)8-11(14)2/h3-8H,9,18H2,1-2H3,(H,19,20). The van der Waals surface area contributed by atoms with E-state index in [9.17, 15) is 4.79 Å². The van der Waals surface area contributed by atoms with Crippen molar-refractivity contribution in [2.75, 3.05) is 16.8 Å². The van der Waals surface area contributed by atoms with Crippen molar-refractivity contribution in [2.45, 2.75) is 18.7 Å². The highest BCUT2D eigenvalue weighted by Gasteiger charge is 2.07. The van der Waals surface area contributed by atoms with Crippen LogP contribution in [0.5, 0.6) is 0 Å². The lowest BCUT2D eigenvalue weighted by atomic mass is 10.2. The molecule has 0 aliphatic rings. The quantitative estimate of drug-likeness (QED) is 0.449. The maximum absolute atomic E-state index is 12.0. The molecule has 0 saturated carbocycles. The first-order valence-electron chi connectivity index (χ1n) is 6.50. The minimum absolute atomic E-state index is 0.0238. The molecule has 0 heterocycles. The molecule has 110 valence electrons. The van der Waals surface area contributed by atoms with Crippen molar-refractivity contribution in [2.24, 2.45) is 0 Å². The maximum atomic E-state index is 12.0. The van der Waals surface area contributed by atoms with Gasteiger partial charge in [-0.15, -0.1) is 11.8 Å². The number of halogens is 1. The van der Waals surface area contributed by atoms with Crippen LogP contribution >= 0.6 is 34.4 Å². The average Bonchev–Trinajstić information content (AvgIpc) is 2.41. The molecule has 1 amide bonds. The van der Waals surface area contributed by atoms with E-state index in [1.54, 1.807) is 0 Å². The molecule has 0 spiro atoms. The fourth-order valence-electron chi connectivity index (χ4n) is 1.90. The Hall–Kier alpha value is -1.21. The van der Waals surface area contributed by atoms with E-state index in [2.05, 4.69) is 27.9 Å². The summed E-state index contributed by atoms with van der Waals surface area (Å²) in [5, 5.41) is 2.93. The molecule has 2 rings (SSSR count). The molecule has 0 saturated heterocycles. The zero-order valence-electron chi connectivity index (χ0n) is 11.9. The average molecular weight is 412 g/mol. The summed E-state index contributed by atoms with van der Waals surface area (Å²) in [7, 11) is 0. The third kappa shape index (κ3) is 4.64. The van der Waals surface area contributed by atoms with E-state index in [4.69, 9.17) is 5.73 Å². The fourth-order valence-corrected chi connectivity index (χ4v) is 3.29. The molecule has 2 aromatic carbocycles. The van der Waals surface area contributed by atoms with Crippen molar-refractivity contribution >= 4 is 51.6 Å². The highest BCUT2D eigenvalue weighted by Crippen LogP contribution is 2.26. The second-order valence-corrected chi connectivity index (χ2v) is 7.10. The monoisotopic (exact) mass is 412 g/mol. The van der Waals surface area contributed by atoms with Gasteiger partial charge in [0.05, 0.1) is 5.75 Å². The van der Waals surface area contributed by atoms with Crippen LogP contribution < -0.4 is 11.1 Å². The minimum Gasteiger partial charge on any atom is -0.398 e. The molecule has 0 unspecified atom stereocenters. The number of nitrogens with two attached hydrogens (primary N) is 1. The molecule has 0 radical (unpaired) electrons. The van der Waals surface area contributed by atoms with Gasteiger partial charge in [-0.2, -0.15) is 0 Å². The van der Waals surface area contributed by atoms with Gasteiger partial charge in [0.25, 0.3) is 0 Å². The van der Waals surface area contributed by atoms with Crippen molar-refractivity contribution in [3.63, 3.8) is 0 Å². The van der Waals surface area contributed by atoms with Crippen molar-refractivity contribution in [3.05, 3.63) is 51.1 Å². The Kier molecular flexibility index (Phi) is 5.52. The summed E-state index contributed by atoms with van der Waals surface area (Å²) < 4.78 is 1.16. The van der Waals surface area contributed by atoms with Gasteiger partial charge in [0.2, 0.25) is 5.91 Å². The molecular weight excluding hydrogens is 395 g/mol. The fraction of sp³-hybridized carbons (Fsp3) is 0.188. The third-order valence-electron chi connectivity index (χ3n) is 2.99. The van der Waals surface area contributed by atoms with Gasteiger partial charge in [-0.25, -0.2) is 0 Å². The van der Waals surface area contributed by atoms with Gasteiger partial charge in [0.1, 0.15) is 0 Å².